The van der Waals surface area contributed by atoms with Crippen LogP contribution in [0.2, 0.25) is 0 Å². The second-order valence-electron chi connectivity index (χ2n) is 10.1. The highest BCUT2D eigenvalue weighted by Gasteiger charge is 2.51. The molecule has 5 rings (SSSR count). The number of benzene rings is 4. The molecule has 0 saturated carbocycles. The van der Waals surface area contributed by atoms with Crippen LogP contribution in [0.3, 0.4) is 0 Å². The highest BCUT2D eigenvalue weighted by Crippen LogP contribution is 2.62. The van der Waals surface area contributed by atoms with Gasteiger partial charge in [-0.05, 0) is 47.2 Å². The average Bonchev–Trinajstić information content (AvgIpc) is 3.35. The summed E-state index contributed by atoms with van der Waals surface area (Å²) < 4.78 is 36.5. The standard InChI is InChI=1S/C37H38O6/c1-9-23-33(40-7)29(21-31(38-5)35(23)42-11-3)37(27-19-15-13-17-25(27)26-18-14-16-20-28(26)37)30-22-32(39-6)36(43-12-4)24(10-2)34(30)41-8/h11-22H,3-4,9-10H2,1-2,5-8H3. The van der Waals surface area contributed by atoms with E-state index in [-0.39, 0.29) is 0 Å². The first-order valence-electron chi connectivity index (χ1n) is 14.3. The maximum absolute atomic E-state index is 6.31. The molecule has 0 aromatic heterocycles. The largest absolute Gasteiger partial charge is 0.496 e. The van der Waals surface area contributed by atoms with Crippen molar-refractivity contribution < 1.29 is 28.4 Å². The van der Waals surface area contributed by atoms with Gasteiger partial charge in [0.1, 0.15) is 11.5 Å². The van der Waals surface area contributed by atoms with E-state index in [1.54, 1.807) is 28.4 Å². The van der Waals surface area contributed by atoms with Crippen LogP contribution in [-0.2, 0) is 18.3 Å². The van der Waals surface area contributed by atoms with E-state index in [1.807, 2.05) is 12.1 Å². The van der Waals surface area contributed by atoms with Gasteiger partial charge >= 0.3 is 0 Å². The zero-order valence-electron chi connectivity index (χ0n) is 25.7. The molecule has 4 aromatic rings. The van der Waals surface area contributed by atoms with Crippen molar-refractivity contribution in [1.29, 1.82) is 0 Å². The molecule has 0 N–H and O–H groups in total. The van der Waals surface area contributed by atoms with Crippen LogP contribution in [0.15, 0.2) is 86.3 Å². The normalized spacial score (nSPS) is 12.5. The van der Waals surface area contributed by atoms with Gasteiger partial charge in [-0.1, -0.05) is 75.5 Å². The van der Waals surface area contributed by atoms with E-state index in [0.717, 1.165) is 44.5 Å². The highest BCUT2D eigenvalue weighted by atomic mass is 16.5. The molecule has 43 heavy (non-hydrogen) atoms. The maximum Gasteiger partial charge on any atom is 0.175 e. The molecule has 0 saturated heterocycles. The van der Waals surface area contributed by atoms with Crippen LogP contribution < -0.4 is 28.4 Å². The minimum absolute atomic E-state index is 0.571. The predicted octanol–water partition coefficient (Wildman–Crippen LogP) is 8.25. The van der Waals surface area contributed by atoms with E-state index in [1.165, 1.54) is 12.5 Å². The number of fused-ring (bicyclic) bond motifs is 3. The van der Waals surface area contributed by atoms with Crippen molar-refractivity contribution in [2.45, 2.75) is 32.1 Å². The van der Waals surface area contributed by atoms with E-state index >= 15 is 0 Å². The molecule has 0 aliphatic heterocycles. The Morgan fingerprint density at radius 3 is 1.28 bits per heavy atom. The molecule has 6 nitrogen and oxygen atoms in total. The molecular weight excluding hydrogens is 540 g/mol. The van der Waals surface area contributed by atoms with Crippen LogP contribution in [0.4, 0.5) is 0 Å². The summed E-state index contributed by atoms with van der Waals surface area (Å²) in [6.45, 7) is 11.7. The Morgan fingerprint density at radius 2 is 0.953 bits per heavy atom. The molecule has 0 atom stereocenters. The third kappa shape index (κ3) is 4.32. The van der Waals surface area contributed by atoms with Gasteiger partial charge in [-0.2, -0.15) is 0 Å². The number of hydrogen-bond acceptors (Lipinski definition) is 6. The lowest BCUT2D eigenvalue weighted by atomic mass is 9.66. The Balaban J connectivity index is 2.10. The third-order valence-corrected chi connectivity index (χ3v) is 8.30. The molecule has 0 fully saturated rings. The Bertz CT molecular complexity index is 1560. The minimum Gasteiger partial charge on any atom is -0.496 e. The zero-order valence-corrected chi connectivity index (χ0v) is 25.7. The van der Waals surface area contributed by atoms with Crippen molar-refractivity contribution in [3.8, 4) is 45.6 Å². The summed E-state index contributed by atoms with van der Waals surface area (Å²) >= 11 is 0. The summed E-state index contributed by atoms with van der Waals surface area (Å²) in [5.41, 5.74) is 7.00. The molecule has 222 valence electrons. The summed E-state index contributed by atoms with van der Waals surface area (Å²) in [6, 6.07) is 21.0. The second kappa shape index (κ2) is 12.2. The lowest BCUT2D eigenvalue weighted by Gasteiger charge is -2.37. The number of hydrogen-bond donors (Lipinski definition) is 0. The van der Waals surface area contributed by atoms with E-state index in [9.17, 15) is 0 Å². The number of methoxy groups -OCH3 is 4. The Hall–Kier alpha value is -4.84. The highest BCUT2D eigenvalue weighted by molar-refractivity contribution is 5.89. The molecule has 0 radical (unpaired) electrons. The van der Waals surface area contributed by atoms with Crippen molar-refractivity contribution >= 4 is 0 Å². The van der Waals surface area contributed by atoms with E-state index in [0.29, 0.717) is 47.3 Å². The van der Waals surface area contributed by atoms with Gasteiger partial charge in [0.05, 0.1) is 46.4 Å². The molecule has 6 heteroatoms. The smallest absolute Gasteiger partial charge is 0.175 e. The van der Waals surface area contributed by atoms with Crippen LogP contribution in [0.5, 0.6) is 34.5 Å². The van der Waals surface area contributed by atoms with Crippen LogP contribution in [-0.4, -0.2) is 28.4 Å². The molecule has 4 aromatic carbocycles. The zero-order chi connectivity index (χ0) is 30.7. The molecular formula is C37H38O6. The molecule has 0 amide bonds. The van der Waals surface area contributed by atoms with Crippen LogP contribution in [0.1, 0.15) is 47.2 Å². The number of ether oxygens (including phenoxy) is 6. The topological polar surface area (TPSA) is 55.4 Å². The monoisotopic (exact) mass is 578 g/mol. The summed E-state index contributed by atoms with van der Waals surface area (Å²) in [5.74, 6) is 3.67. The van der Waals surface area contributed by atoms with E-state index < -0.39 is 5.41 Å². The van der Waals surface area contributed by atoms with E-state index in [2.05, 4.69) is 75.5 Å². The molecule has 1 aliphatic carbocycles. The SMILES string of the molecule is C=COc1c(OC)cc(C2(c3cc(OC)c(OC=C)c(CC)c3OC)c3ccccc3-c3ccccc32)c(OC)c1CC. The fourth-order valence-electron chi connectivity index (χ4n) is 6.71. The van der Waals surface area contributed by atoms with Gasteiger partial charge in [0.25, 0.3) is 0 Å². The summed E-state index contributed by atoms with van der Waals surface area (Å²) in [6.07, 6.45) is 4.07. The average molecular weight is 579 g/mol. The van der Waals surface area contributed by atoms with Crippen LogP contribution >= 0.6 is 0 Å². The summed E-state index contributed by atoms with van der Waals surface area (Å²) in [5, 5.41) is 0. The first-order valence-corrected chi connectivity index (χ1v) is 14.3. The van der Waals surface area contributed by atoms with Crippen molar-refractivity contribution in [2.75, 3.05) is 28.4 Å². The first-order chi connectivity index (χ1) is 21.0. The van der Waals surface area contributed by atoms with Crippen molar-refractivity contribution in [3.63, 3.8) is 0 Å². The Labute approximate surface area is 254 Å². The van der Waals surface area contributed by atoms with Gasteiger partial charge in [-0.15, -0.1) is 0 Å². The van der Waals surface area contributed by atoms with Gasteiger partial charge in [-0.3, -0.25) is 0 Å². The third-order valence-electron chi connectivity index (χ3n) is 8.30. The summed E-state index contributed by atoms with van der Waals surface area (Å²) in [7, 11) is 6.67. The van der Waals surface area contributed by atoms with E-state index in [4.69, 9.17) is 28.4 Å². The van der Waals surface area contributed by atoms with Crippen molar-refractivity contribution in [1.82, 2.24) is 0 Å². The summed E-state index contributed by atoms with van der Waals surface area (Å²) in [4.78, 5) is 0. The molecule has 0 unspecified atom stereocenters. The molecule has 0 bridgehead atoms. The first kappa shape index (κ1) is 29.6. The fraction of sp³-hybridized carbons (Fsp3) is 0.243. The quantitative estimate of drug-likeness (QED) is 0.139. The van der Waals surface area contributed by atoms with Gasteiger partial charge in [0.15, 0.2) is 23.0 Å². The van der Waals surface area contributed by atoms with Gasteiger partial charge in [-0.25, -0.2) is 0 Å². The Morgan fingerprint density at radius 1 is 0.558 bits per heavy atom. The lowest BCUT2D eigenvalue weighted by molar-refractivity contribution is 0.355. The van der Waals surface area contributed by atoms with Gasteiger partial charge in [0.2, 0.25) is 0 Å². The maximum atomic E-state index is 6.31. The molecule has 1 aliphatic rings. The van der Waals surface area contributed by atoms with Crippen LogP contribution in [0.25, 0.3) is 11.1 Å². The molecule has 0 spiro atoms. The molecule has 0 heterocycles. The fourth-order valence-corrected chi connectivity index (χ4v) is 6.71. The van der Waals surface area contributed by atoms with Crippen LogP contribution in [0, 0.1) is 0 Å². The van der Waals surface area contributed by atoms with Gasteiger partial charge in [0, 0.05) is 22.3 Å². The van der Waals surface area contributed by atoms with Crippen molar-refractivity contribution in [2.24, 2.45) is 0 Å². The minimum atomic E-state index is -0.905. The predicted molar refractivity (Wildman–Crippen MR) is 170 cm³/mol. The van der Waals surface area contributed by atoms with Gasteiger partial charge < -0.3 is 28.4 Å². The van der Waals surface area contributed by atoms with Crippen molar-refractivity contribution in [3.05, 3.63) is 120 Å². The number of rotatable bonds is 12. The Kier molecular flexibility index (Phi) is 8.40. The second-order valence-corrected chi connectivity index (χ2v) is 10.1. The lowest BCUT2D eigenvalue weighted by Crippen LogP contribution is -2.31.